The van der Waals surface area contributed by atoms with Crippen molar-refractivity contribution in [3.05, 3.63) is 112 Å². The molecule has 9 rings (SSSR count). The average molecular weight is 691 g/mol. The maximum Gasteiger partial charge on any atom is 0.273 e. The highest BCUT2D eigenvalue weighted by atomic mass is 35.5. The zero-order valence-electron chi connectivity index (χ0n) is 27.1. The van der Waals surface area contributed by atoms with Crippen LogP contribution in [0.5, 0.6) is 0 Å². The van der Waals surface area contributed by atoms with E-state index in [0.717, 1.165) is 76.5 Å². The van der Waals surface area contributed by atoms with Crippen LogP contribution in [0, 0.1) is 0 Å². The van der Waals surface area contributed by atoms with E-state index in [9.17, 15) is 4.79 Å². The molecule has 1 aliphatic carbocycles. The largest absolute Gasteiger partial charge is 0.350 e. The molecule has 2 fully saturated rings. The number of piperidine rings is 1. The summed E-state index contributed by atoms with van der Waals surface area (Å²) in [6.45, 7) is 2.14. The summed E-state index contributed by atoms with van der Waals surface area (Å²) < 4.78 is 4.18. The van der Waals surface area contributed by atoms with Crippen molar-refractivity contribution in [2.75, 3.05) is 18.4 Å². The number of amides is 1. The van der Waals surface area contributed by atoms with Crippen molar-refractivity contribution in [1.82, 2.24) is 29.2 Å². The topological polar surface area (TPSA) is 83.8 Å². The summed E-state index contributed by atoms with van der Waals surface area (Å²) in [5, 5.41) is 10.2. The van der Waals surface area contributed by atoms with Gasteiger partial charge in [-0.05, 0) is 61.1 Å². The zero-order chi connectivity index (χ0) is 33.1. The van der Waals surface area contributed by atoms with Crippen LogP contribution in [0.15, 0.2) is 85.3 Å². The number of likely N-dealkylation sites (tertiary alicyclic amines) is 1. The van der Waals surface area contributed by atoms with Crippen LogP contribution in [0.3, 0.4) is 0 Å². The molecular formula is C39H37Cl2N7O. The normalized spacial score (nSPS) is 18.5. The van der Waals surface area contributed by atoms with Crippen LogP contribution in [0.4, 0.5) is 5.82 Å². The van der Waals surface area contributed by atoms with Crippen LogP contribution < -0.4 is 5.32 Å². The quantitative estimate of drug-likeness (QED) is 0.182. The Balaban J connectivity index is 1.11. The third-order valence-electron chi connectivity index (χ3n) is 10.8. The molecule has 1 atom stereocenters. The predicted octanol–water partition coefficient (Wildman–Crippen LogP) is 9.37. The van der Waals surface area contributed by atoms with Gasteiger partial charge in [-0.2, -0.15) is 5.10 Å². The number of anilines is 1. The molecule has 1 saturated heterocycles. The number of fused-ring (bicyclic) bond motifs is 2. The van der Waals surface area contributed by atoms with Gasteiger partial charge in [0, 0.05) is 57.3 Å². The summed E-state index contributed by atoms with van der Waals surface area (Å²) in [6.07, 6.45) is 12.4. The highest BCUT2D eigenvalue weighted by Gasteiger charge is 2.36. The van der Waals surface area contributed by atoms with Gasteiger partial charge in [-0.1, -0.05) is 84.9 Å². The van der Waals surface area contributed by atoms with E-state index in [0.29, 0.717) is 21.6 Å². The number of hydrogen-bond donors (Lipinski definition) is 2. The maximum absolute atomic E-state index is 14.5. The van der Waals surface area contributed by atoms with Gasteiger partial charge in [0.1, 0.15) is 11.5 Å². The molecule has 6 aromatic rings. The minimum atomic E-state index is -0.230. The molecule has 0 spiro atoms. The molecule has 3 aromatic carbocycles. The summed E-state index contributed by atoms with van der Waals surface area (Å²) >= 11 is 13.1. The fourth-order valence-corrected chi connectivity index (χ4v) is 8.87. The van der Waals surface area contributed by atoms with Crippen LogP contribution in [-0.4, -0.2) is 54.3 Å². The number of imidazole rings is 1. The maximum atomic E-state index is 14.5. The number of aromatic amines is 1. The van der Waals surface area contributed by atoms with Crippen molar-refractivity contribution in [3.63, 3.8) is 0 Å². The second kappa shape index (κ2) is 12.5. The van der Waals surface area contributed by atoms with Crippen molar-refractivity contribution in [2.45, 2.75) is 63.1 Å². The number of benzene rings is 3. The Morgan fingerprint density at radius 1 is 0.857 bits per heavy atom. The van der Waals surface area contributed by atoms with Crippen LogP contribution >= 0.6 is 23.2 Å². The zero-order valence-corrected chi connectivity index (χ0v) is 28.6. The molecule has 3 aliphatic rings. The Labute approximate surface area is 295 Å². The minimum Gasteiger partial charge on any atom is -0.350 e. The Morgan fingerprint density at radius 3 is 2.41 bits per heavy atom. The number of aromatic nitrogens is 5. The SMILES string of the molecule is O=C(Nc1ccnn1C1CCN(C2CCCCC2)CC1)c1[nH]c2cc(Cl)cc3c2c1-c1c(-c2ccccc2)ncn1C3c1ccc(Cl)cc1. The lowest BCUT2D eigenvalue weighted by atomic mass is 9.88. The first-order valence-electron chi connectivity index (χ1n) is 17.4. The number of carbonyl (C=O) groups is 1. The van der Waals surface area contributed by atoms with Crippen LogP contribution in [0.2, 0.25) is 10.0 Å². The molecule has 0 radical (unpaired) electrons. The van der Waals surface area contributed by atoms with Gasteiger partial charge in [-0.25, -0.2) is 9.67 Å². The molecule has 8 nitrogen and oxygen atoms in total. The molecule has 2 aliphatic heterocycles. The molecule has 1 amide bonds. The lowest BCUT2D eigenvalue weighted by molar-refractivity contribution is 0.101. The Bertz CT molecular complexity index is 2150. The Morgan fingerprint density at radius 2 is 1.63 bits per heavy atom. The molecule has 1 saturated carbocycles. The number of H-pyrrole nitrogens is 1. The average Bonchev–Trinajstić information content (AvgIpc) is 3.88. The standard InChI is InChI=1S/C39H37Cl2N7O/c40-26-13-11-25(12-14-26)37-30-21-27(41)22-31-33(30)34(38-35(42-23-47(37)38)24-7-3-1-4-8-24)36(44-31)39(49)45-32-15-18-43-48(32)29-16-19-46(20-17-29)28-9-5-2-6-10-28/h1,3-4,7-8,11-15,18,21-23,28-29,37,44H,2,5-6,9-10,16-17,19-20H2,(H,45,49). The summed E-state index contributed by atoms with van der Waals surface area (Å²) in [6, 6.07) is 24.6. The van der Waals surface area contributed by atoms with E-state index in [4.69, 9.17) is 33.3 Å². The van der Waals surface area contributed by atoms with Gasteiger partial charge in [0.15, 0.2) is 0 Å². The number of hydrogen-bond acceptors (Lipinski definition) is 4. The fraction of sp³-hybridized carbons (Fsp3) is 0.308. The van der Waals surface area contributed by atoms with Gasteiger partial charge in [-0.15, -0.1) is 0 Å². The minimum absolute atomic E-state index is 0.224. The van der Waals surface area contributed by atoms with Gasteiger partial charge in [0.25, 0.3) is 5.91 Å². The smallest absolute Gasteiger partial charge is 0.273 e. The Kier molecular flexibility index (Phi) is 7.83. The van der Waals surface area contributed by atoms with Crippen molar-refractivity contribution < 1.29 is 4.79 Å². The highest BCUT2D eigenvalue weighted by molar-refractivity contribution is 6.32. The first-order valence-corrected chi connectivity index (χ1v) is 18.1. The molecule has 2 N–H and O–H groups in total. The van der Waals surface area contributed by atoms with Crippen molar-refractivity contribution in [2.24, 2.45) is 0 Å². The summed E-state index contributed by atoms with van der Waals surface area (Å²) in [4.78, 5) is 25.6. The first kappa shape index (κ1) is 30.7. The third kappa shape index (κ3) is 5.37. The van der Waals surface area contributed by atoms with Crippen molar-refractivity contribution in [3.8, 4) is 22.5 Å². The second-order valence-corrected chi connectivity index (χ2v) is 14.5. The van der Waals surface area contributed by atoms with E-state index in [2.05, 4.69) is 31.9 Å². The monoisotopic (exact) mass is 689 g/mol. The van der Waals surface area contributed by atoms with Crippen LogP contribution in [-0.2, 0) is 0 Å². The molecule has 5 heterocycles. The number of nitrogens with one attached hydrogen (secondary N) is 2. The molecule has 0 bridgehead atoms. The molecule has 1 unspecified atom stereocenters. The molecule has 248 valence electrons. The lowest BCUT2D eigenvalue weighted by Gasteiger charge is -2.39. The van der Waals surface area contributed by atoms with Gasteiger partial charge in [0.2, 0.25) is 0 Å². The van der Waals surface area contributed by atoms with Crippen molar-refractivity contribution in [1.29, 1.82) is 0 Å². The lowest BCUT2D eigenvalue weighted by Crippen LogP contribution is -2.43. The molecule has 10 heteroatoms. The predicted molar refractivity (Wildman–Crippen MR) is 196 cm³/mol. The van der Waals surface area contributed by atoms with E-state index in [1.807, 2.05) is 71.7 Å². The summed E-state index contributed by atoms with van der Waals surface area (Å²) in [5.41, 5.74) is 6.78. The molecule has 3 aromatic heterocycles. The second-order valence-electron chi connectivity index (χ2n) is 13.6. The van der Waals surface area contributed by atoms with E-state index < -0.39 is 0 Å². The Hall–Kier alpha value is -4.37. The van der Waals surface area contributed by atoms with E-state index in [1.54, 1.807) is 6.20 Å². The number of rotatable bonds is 6. The highest BCUT2D eigenvalue weighted by Crippen LogP contribution is 2.50. The van der Waals surface area contributed by atoms with Crippen LogP contribution in [0.1, 0.15) is 78.6 Å². The summed E-state index contributed by atoms with van der Waals surface area (Å²) in [5.74, 6) is 0.475. The van der Waals surface area contributed by atoms with E-state index in [-0.39, 0.29) is 18.0 Å². The van der Waals surface area contributed by atoms with Gasteiger partial charge < -0.3 is 19.8 Å². The molecule has 49 heavy (non-hydrogen) atoms. The van der Waals surface area contributed by atoms with Crippen LogP contribution in [0.25, 0.3) is 33.4 Å². The van der Waals surface area contributed by atoms with Gasteiger partial charge >= 0.3 is 0 Å². The summed E-state index contributed by atoms with van der Waals surface area (Å²) in [7, 11) is 0. The molecular weight excluding hydrogens is 653 g/mol. The first-order chi connectivity index (χ1) is 24.0. The third-order valence-corrected chi connectivity index (χ3v) is 11.3. The fourth-order valence-electron chi connectivity index (χ4n) is 8.52. The number of carbonyl (C=O) groups excluding carboxylic acids is 1. The van der Waals surface area contributed by atoms with E-state index in [1.165, 1.54) is 32.1 Å². The van der Waals surface area contributed by atoms with E-state index >= 15 is 0 Å². The van der Waals surface area contributed by atoms with Crippen molar-refractivity contribution >= 4 is 45.8 Å². The number of halogens is 2. The van der Waals surface area contributed by atoms with Gasteiger partial charge in [-0.3, -0.25) is 4.79 Å². The number of nitrogens with zero attached hydrogens (tertiary/aromatic N) is 5. The van der Waals surface area contributed by atoms with Gasteiger partial charge in [0.05, 0.1) is 36.0 Å².